The molecule has 0 radical (unpaired) electrons. The van der Waals surface area contributed by atoms with Crippen LogP contribution in [0.2, 0.25) is 0 Å². The normalized spacial score (nSPS) is 11.6. The molecule has 0 fully saturated rings. The lowest BCUT2D eigenvalue weighted by atomic mass is 10.0. The average molecular weight is 259 g/mol. The molecule has 0 amide bonds. The number of nitrogens with zero attached hydrogens (tertiary/aromatic N) is 2. The van der Waals surface area contributed by atoms with Crippen molar-refractivity contribution in [2.45, 2.75) is 52.0 Å². The van der Waals surface area contributed by atoms with E-state index in [4.69, 9.17) is 10.7 Å². The maximum atomic E-state index is 5.61. The van der Waals surface area contributed by atoms with Crippen LogP contribution in [0.1, 0.15) is 51.3 Å². The highest BCUT2D eigenvalue weighted by atomic mass is 15.1. The lowest BCUT2D eigenvalue weighted by Crippen LogP contribution is -2.10. The predicted molar refractivity (Wildman–Crippen MR) is 81.3 cm³/mol. The van der Waals surface area contributed by atoms with Crippen molar-refractivity contribution in [2.24, 2.45) is 5.73 Å². The van der Waals surface area contributed by atoms with E-state index in [-0.39, 0.29) is 0 Å². The van der Waals surface area contributed by atoms with E-state index in [9.17, 15) is 0 Å². The highest BCUT2D eigenvalue weighted by Gasteiger charge is 2.16. The summed E-state index contributed by atoms with van der Waals surface area (Å²) in [5.41, 5.74) is 7.99. The lowest BCUT2D eigenvalue weighted by molar-refractivity contribution is 0.535. The molecule has 0 saturated heterocycles. The van der Waals surface area contributed by atoms with Crippen LogP contribution in [0, 0.1) is 0 Å². The van der Waals surface area contributed by atoms with Gasteiger partial charge in [-0.1, -0.05) is 26.0 Å². The Morgan fingerprint density at radius 2 is 1.89 bits per heavy atom. The molecular weight excluding hydrogens is 234 g/mol. The molecule has 1 aromatic heterocycles. The van der Waals surface area contributed by atoms with Gasteiger partial charge in [-0.15, -0.1) is 0 Å². The van der Waals surface area contributed by atoms with Crippen LogP contribution in [-0.2, 0) is 6.54 Å². The maximum Gasteiger partial charge on any atom is 0.112 e. The number of nitrogens with two attached hydrogens (primary N) is 1. The summed E-state index contributed by atoms with van der Waals surface area (Å²) in [7, 11) is 0. The fourth-order valence-electron chi connectivity index (χ4n) is 2.71. The molecule has 0 bridgehead atoms. The van der Waals surface area contributed by atoms with Crippen LogP contribution in [0.25, 0.3) is 11.0 Å². The van der Waals surface area contributed by atoms with Crippen LogP contribution < -0.4 is 5.73 Å². The standard InChI is InChI=1S/C16H25N3/c1-3-13(4-2)16-18-14-9-5-6-10-15(14)19(16)12-8-7-11-17/h5-6,9-10,13H,3-4,7-8,11-12,17H2,1-2H3. The third-order valence-corrected chi connectivity index (χ3v) is 3.87. The average Bonchev–Trinajstić information content (AvgIpc) is 2.80. The van der Waals surface area contributed by atoms with Crippen LogP contribution in [-0.4, -0.2) is 16.1 Å². The van der Waals surface area contributed by atoms with Crippen molar-refractivity contribution in [1.82, 2.24) is 9.55 Å². The fourth-order valence-corrected chi connectivity index (χ4v) is 2.71. The van der Waals surface area contributed by atoms with Crippen LogP contribution in [0.15, 0.2) is 24.3 Å². The minimum Gasteiger partial charge on any atom is -0.330 e. The second-order valence-electron chi connectivity index (χ2n) is 5.12. The molecule has 0 aliphatic carbocycles. The number of fused-ring (bicyclic) bond motifs is 1. The molecule has 1 aromatic carbocycles. The number of hydrogen-bond acceptors (Lipinski definition) is 2. The van der Waals surface area contributed by atoms with Gasteiger partial charge in [0.05, 0.1) is 11.0 Å². The van der Waals surface area contributed by atoms with Gasteiger partial charge in [0.1, 0.15) is 5.82 Å². The van der Waals surface area contributed by atoms with Gasteiger partial charge in [0.2, 0.25) is 0 Å². The van der Waals surface area contributed by atoms with Crippen LogP contribution in [0.4, 0.5) is 0 Å². The number of hydrogen-bond donors (Lipinski definition) is 1. The first-order chi connectivity index (χ1) is 9.31. The third-order valence-electron chi connectivity index (χ3n) is 3.87. The molecule has 3 heteroatoms. The van der Waals surface area contributed by atoms with E-state index in [1.807, 2.05) is 0 Å². The summed E-state index contributed by atoms with van der Waals surface area (Å²) in [5.74, 6) is 1.81. The number of benzene rings is 1. The van der Waals surface area contributed by atoms with E-state index in [2.05, 4.69) is 42.7 Å². The zero-order chi connectivity index (χ0) is 13.7. The van der Waals surface area contributed by atoms with E-state index < -0.39 is 0 Å². The van der Waals surface area contributed by atoms with Gasteiger partial charge in [0, 0.05) is 12.5 Å². The molecule has 0 unspecified atom stereocenters. The Kier molecular flexibility index (Phi) is 4.97. The summed E-state index contributed by atoms with van der Waals surface area (Å²) < 4.78 is 2.41. The summed E-state index contributed by atoms with van der Waals surface area (Å²) in [6.07, 6.45) is 4.51. The molecule has 2 rings (SSSR count). The molecule has 0 saturated carbocycles. The molecule has 2 N–H and O–H groups in total. The highest BCUT2D eigenvalue weighted by molar-refractivity contribution is 5.76. The molecule has 104 valence electrons. The minimum absolute atomic E-state index is 0.560. The number of imidazole rings is 1. The summed E-state index contributed by atoms with van der Waals surface area (Å²) in [5, 5.41) is 0. The zero-order valence-electron chi connectivity index (χ0n) is 12.1. The smallest absolute Gasteiger partial charge is 0.112 e. The topological polar surface area (TPSA) is 43.8 Å². The van der Waals surface area contributed by atoms with Gasteiger partial charge in [-0.05, 0) is 44.4 Å². The van der Waals surface area contributed by atoms with Gasteiger partial charge in [-0.2, -0.15) is 0 Å². The van der Waals surface area contributed by atoms with Crippen LogP contribution >= 0.6 is 0 Å². The molecule has 0 atom stereocenters. The molecular formula is C16H25N3. The van der Waals surface area contributed by atoms with E-state index in [0.717, 1.165) is 44.3 Å². The Balaban J connectivity index is 2.39. The molecule has 19 heavy (non-hydrogen) atoms. The van der Waals surface area contributed by atoms with Crippen molar-refractivity contribution in [3.63, 3.8) is 0 Å². The molecule has 0 aliphatic rings. The predicted octanol–water partition coefficient (Wildman–Crippen LogP) is 3.68. The summed E-state index contributed by atoms with van der Waals surface area (Å²) in [6.45, 7) is 6.30. The lowest BCUT2D eigenvalue weighted by Gasteiger charge is -2.15. The van der Waals surface area contributed by atoms with Crippen molar-refractivity contribution in [3.05, 3.63) is 30.1 Å². The third kappa shape index (κ3) is 2.98. The van der Waals surface area contributed by atoms with Crippen molar-refractivity contribution in [2.75, 3.05) is 6.54 Å². The number of aromatic nitrogens is 2. The second-order valence-corrected chi connectivity index (χ2v) is 5.12. The summed E-state index contributed by atoms with van der Waals surface area (Å²) >= 11 is 0. The quantitative estimate of drug-likeness (QED) is 0.771. The molecule has 0 spiro atoms. The number of aryl methyl sites for hydroxylation is 1. The monoisotopic (exact) mass is 259 g/mol. The van der Waals surface area contributed by atoms with Gasteiger partial charge in [0.15, 0.2) is 0 Å². The van der Waals surface area contributed by atoms with Crippen LogP contribution in [0.3, 0.4) is 0 Å². The number of unbranched alkanes of at least 4 members (excludes halogenated alkanes) is 1. The van der Waals surface area contributed by atoms with Crippen molar-refractivity contribution >= 4 is 11.0 Å². The molecule has 0 aliphatic heterocycles. The minimum atomic E-state index is 0.560. The van der Waals surface area contributed by atoms with E-state index in [0.29, 0.717) is 5.92 Å². The molecule has 3 nitrogen and oxygen atoms in total. The molecule has 2 aromatic rings. The van der Waals surface area contributed by atoms with E-state index in [1.54, 1.807) is 0 Å². The van der Waals surface area contributed by atoms with Crippen molar-refractivity contribution in [3.8, 4) is 0 Å². The Labute approximate surface area is 115 Å². The number of para-hydroxylation sites is 2. The first kappa shape index (κ1) is 14.1. The number of rotatable bonds is 7. The Hall–Kier alpha value is -1.35. The van der Waals surface area contributed by atoms with Crippen molar-refractivity contribution in [1.29, 1.82) is 0 Å². The molecule has 1 heterocycles. The largest absolute Gasteiger partial charge is 0.330 e. The Morgan fingerprint density at radius 1 is 1.16 bits per heavy atom. The van der Waals surface area contributed by atoms with Gasteiger partial charge < -0.3 is 10.3 Å². The second kappa shape index (κ2) is 6.71. The van der Waals surface area contributed by atoms with E-state index in [1.165, 1.54) is 11.3 Å². The summed E-state index contributed by atoms with van der Waals surface area (Å²) in [6, 6.07) is 8.45. The van der Waals surface area contributed by atoms with E-state index >= 15 is 0 Å². The van der Waals surface area contributed by atoms with Crippen LogP contribution in [0.5, 0.6) is 0 Å². The van der Waals surface area contributed by atoms with Gasteiger partial charge in [0.25, 0.3) is 0 Å². The summed E-state index contributed by atoms with van der Waals surface area (Å²) in [4.78, 5) is 4.87. The van der Waals surface area contributed by atoms with Crippen molar-refractivity contribution < 1.29 is 0 Å². The van der Waals surface area contributed by atoms with Gasteiger partial charge >= 0.3 is 0 Å². The first-order valence-electron chi connectivity index (χ1n) is 7.47. The van der Waals surface area contributed by atoms with Gasteiger partial charge in [-0.25, -0.2) is 4.98 Å². The maximum absolute atomic E-state index is 5.61. The highest BCUT2D eigenvalue weighted by Crippen LogP contribution is 2.27. The SMILES string of the molecule is CCC(CC)c1nc2ccccc2n1CCCCN. The van der Waals surface area contributed by atoms with Gasteiger partial charge in [-0.3, -0.25) is 0 Å². The Bertz CT molecular complexity index is 512. The zero-order valence-corrected chi connectivity index (χ0v) is 12.1. The fraction of sp³-hybridized carbons (Fsp3) is 0.562. The first-order valence-corrected chi connectivity index (χ1v) is 7.47. The Morgan fingerprint density at radius 3 is 2.58 bits per heavy atom.